The van der Waals surface area contributed by atoms with Gasteiger partial charge in [0.2, 0.25) is 0 Å². The van der Waals surface area contributed by atoms with Gasteiger partial charge in [-0.1, -0.05) is 0 Å². The highest BCUT2D eigenvalue weighted by Gasteiger charge is 2.17. The lowest BCUT2D eigenvalue weighted by atomic mass is 10.2. The highest BCUT2D eigenvalue weighted by molar-refractivity contribution is 7.98. The van der Waals surface area contributed by atoms with Crippen molar-refractivity contribution >= 4 is 17.6 Å². The molecule has 1 aliphatic rings. The van der Waals surface area contributed by atoms with Gasteiger partial charge in [0.05, 0.1) is 0 Å². The van der Waals surface area contributed by atoms with Crippen LogP contribution in [0.4, 0.5) is 5.82 Å². The summed E-state index contributed by atoms with van der Waals surface area (Å²) in [4.78, 5) is 8.06. The summed E-state index contributed by atoms with van der Waals surface area (Å²) < 4.78 is 0. The fourth-order valence-corrected chi connectivity index (χ4v) is 1.97. The average molecular weight is 194 g/mol. The summed E-state index contributed by atoms with van der Waals surface area (Å²) in [6.07, 6.45) is 5.36. The van der Waals surface area contributed by atoms with Crippen molar-refractivity contribution in [1.29, 1.82) is 0 Å². The molecule has 1 saturated heterocycles. The molecule has 13 heavy (non-hydrogen) atoms. The fourth-order valence-electron chi connectivity index (χ4n) is 1.51. The van der Waals surface area contributed by atoms with Crippen LogP contribution in [-0.4, -0.2) is 24.3 Å². The number of aryl methyl sites for hydroxylation is 1. The number of rotatable bonds is 2. The Kier molecular flexibility index (Phi) is 2.44. The molecule has 2 heterocycles. The molecule has 0 N–H and O–H groups in total. The summed E-state index contributed by atoms with van der Waals surface area (Å²) in [5.41, 5.74) is 1.30. The third kappa shape index (κ3) is 1.66. The Morgan fingerprint density at radius 3 is 2.69 bits per heavy atom. The number of pyridine rings is 1. The van der Waals surface area contributed by atoms with E-state index in [9.17, 15) is 0 Å². The minimum Gasteiger partial charge on any atom is -0.356 e. The Morgan fingerprint density at radius 1 is 1.46 bits per heavy atom. The van der Waals surface area contributed by atoms with Gasteiger partial charge in [-0.3, -0.25) is 0 Å². The first-order valence-corrected chi connectivity index (χ1v) is 5.79. The lowest BCUT2D eigenvalue weighted by molar-refractivity contribution is 0.607. The van der Waals surface area contributed by atoms with Crippen molar-refractivity contribution in [3.8, 4) is 0 Å². The predicted octanol–water partition coefficient (Wildman–Crippen LogP) is 2.32. The van der Waals surface area contributed by atoms with Crippen LogP contribution in [0.25, 0.3) is 0 Å². The summed E-state index contributed by atoms with van der Waals surface area (Å²) in [5, 5.41) is 0. The van der Waals surface area contributed by atoms with E-state index in [2.05, 4.69) is 29.1 Å². The van der Waals surface area contributed by atoms with Crippen molar-refractivity contribution in [1.82, 2.24) is 4.98 Å². The first-order chi connectivity index (χ1) is 6.31. The number of anilines is 1. The molecule has 2 rings (SSSR count). The number of nitrogens with zero attached hydrogens (tertiary/aromatic N) is 2. The fraction of sp³-hybridized carbons (Fsp3) is 0.500. The van der Waals surface area contributed by atoms with Crippen molar-refractivity contribution in [2.75, 3.05) is 24.2 Å². The van der Waals surface area contributed by atoms with Crippen LogP contribution < -0.4 is 4.90 Å². The smallest absolute Gasteiger partial charge is 0.131 e. The third-order valence-electron chi connectivity index (χ3n) is 2.42. The highest BCUT2D eigenvalue weighted by atomic mass is 32.2. The van der Waals surface area contributed by atoms with E-state index in [4.69, 9.17) is 0 Å². The number of hydrogen-bond acceptors (Lipinski definition) is 3. The second kappa shape index (κ2) is 3.58. The van der Waals surface area contributed by atoms with E-state index in [0.29, 0.717) is 0 Å². The van der Waals surface area contributed by atoms with E-state index in [0.717, 1.165) is 0 Å². The van der Waals surface area contributed by atoms with E-state index in [1.54, 1.807) is 11.8 Å². The van der Waals surface area contributed by atoms with Crippen LogP contribution in [0.15, 0.2) is 17.2 Å². The van der Waals surface area contributed by atoms with Crippen LogP contribution in [0.1, 0.15) is 12.0 Å². The topological polar surface area (TPSA) is 16.1 Å². The summed E-state index contributed by atoms with van der Waals surface area (Å²) in [5.74, 6) is 1.17. The van der Waals surface area contributed by atoms with Crippen LogP contribution in [0, 0.1) is 6.92 Å². The first kappa shape index (κ1) is 8.88. The van der Waals surface area contributed by atoms with E-state index in [-0.39, 0.29) is 0 Å². The zero-order valence-corrected chi connectivity index (χ0v) is 8.90. The zero-order valence-electron chi connectivity index (χ0n) is 8.08. The van der Waals surface area contributed by atoms with Gasteiger partial charge in [0.15, 0.2) is 0 Å². The van der Waals surface area contributed by atoms with E-state index in [1.165, 1.54) is 35.8 Å². The molecular weight excluding hydrogens is 180 g/mol. The minimum absolute atomic E-state index is 1.17. The average Bonchev–Trinajstić information content (AvgIpc) is 2.05. The SMILES string of the molecule is CSc1cnc(N2CCC2)c(C)c1. The number of aromatic nitrogens is 1. The first-order valence-electron chi connectivity index (χ1n) is 4.57. The van der Waals surface area contributed by atoms with Crippen molar-refractivity contribution in [2.45, 2.75) is 18.2 Å². The second-order valence-corrected chi connectivity index (χ2v) is 4.24. The monoisotopic (exact) mass is 194 g/mol. The molecule has 2 nitrogen and oxygen atoms in total. The van der Waals surface area contributed by atoms with Gasteiger partial charge in [-0.15, -0.1) is 11.8 Å². The summed E-state index contributed by atoms with van der Waals surface area (Å²) >= 11 is 1.75. The van der Waals surface area contributed by atoms with Gasteiger partial charge in [-0.25, -0.2) is 4.98 Å². The molecule has 0 aromatic carbocycles. The Hall–Kier alpha value is -0.700. The van der Waals surface area contributed by atoms with Crippen LogP contribution in [0.2, 0.25) is 0 Å². The molecule has 1 aliphatic heterocycles. The molecule has 0 saturated carbocycles. The molecule has 1 aromatic rings. The van der Waals surface area contributed by atoms with Crippen molar-refractivity contribution in [2.24, 2.45) is 0 Å². The maximum absolute atomic E-state index is 4.48. The normalized spacial score (nSPS) is 15.7. The molecule has 0 aliphatic carbocycles. The predicted molar refractivity (Wildman–Crippen MR) is 57.6 cm³/mol. The van der Waals surface area contributed by atoms with Crippen LogP contribution in [0.5, 0.6) is 0 Å². The Labute approximate surface area is 83.4 Å². The lowest BCUT2D eigenvalue weighted by Crippen LogP contribution is -2.38. The molecule has 1 aromatic heterocycles. The molecule has 0 bridgehead atoms. The maximum Gasteiger partial charge on any atom is 0.131 e. The van der Waals surface area contributed by atoms with Gasteiger partial charge in [-0.2, -0.15) is 0 Å². The Bertz CT molecular complexity index is 308. The Morgan fingerprint density at radius 2 is 2.23 bits per heavy atom. The van der Waals surface area contributed by atoms with E-state index in [1.807, 2.05) is 6.20 Å². The molecule has 0 amide bonds. The van der Waals surface area contributed by atoms with Crippen LogP contribution in [-0.2, 0) is 0 Å². The Balaban J connectivity index is 2.26. The number of thioether (sulfide) groups is 1. The summed E-state index contributed by atoms with van der Waals surface area (Å²) in [6.45, 7) is 4.49. The van der Waals surface area contributed by atoms with Gasteiger partial charge in [0.1, 0.15) is 5.82 Å². The van der Waals surface area contributed by atoms with Crippen molar-refractivity contribution < 1.29 is 0 Å². The summed E-state index contributed by atoms with van der Waals surface area (Å²) in [7, 11) is 0. The molecule has 0 radical (unpaired) electrons. The summed E-state index contributed by atoms with van der Waals surface area (Å²) in [6, 6.07) is 2.21. The largest absolute Gasteiger partial charge is 0.356 e. The zero-order chi connectivity index (χ0) is 9.26. The number of hydrogen-bond donors (Lipinski definition) is 0. The molecule has 0 spiro atoms. The van der Waals surface area contributed by atoms with Crippen molar-refractivity contribution in [3.63, 3.8) is 0 Å². The lowest BCUT2D eigenvalue weighted by Gasteiger charge is -2.33. The van der Waals surface area contributed by atoms with Gasteiger partial charge < -0.3 is 4.90 Å². The second-order valence-electron chi connectivity index (χ2n) is 3.36. The van der Waals surface area contributed by atoms with Gasteiger partial charge in [0.25, 0.3) is 0 Å². The van der Waals surface area contributed by atoms with Crippen LogP contribution in [0.3, 0.4) is 0 Å². The van der Waals surface area contributed by atoms with E-state index >= 15 is 0 Å². The van der Waals surface area contributed by atoms with E-state index < -0.39 is 0 Å². The minimum atomic E-state index is 1.17. The van der Waals surface area contributed by atoms with Gasteiger partial charge in [-0.05, 0) is 31.2 Å². The molecule has 1 fully saturated rings. The van der Waals surface area contributed by atoms with Gasteiger partial charge >= 0.3 is 0 Å². The molecule has 0 atom stereocenters. The van der Waals surface area contributed by atoms with Crippen LogP contribution >= 0.6 is 11.8 Å². The quantitative estimate of drug-likeness (QED) is 0.672. The highest BCUT2D eigenvalue weighted by Crippen LogP contribution is 2.25. The standard InChI is InChI=1S/C10H14N2S/c1-8-6-9(13-2)7-11-10(8)12-4-3-5-12/h6-7H,3-5H2,1-2H3. The molecule has 3 heteroatoms. The molecule has 0 unspecified atom stereocenters. The molecular formula is C10H14N2S. The third-order valence-corrected chi connectivity index (χ3v) is 3.11. The molecule has 70 valence electrons. The van der Waals surface area contributed by atoms with Gasteiger partial charge in [0, 0.05) is 24.2 Å². The maximum atomic E-state index is 4.48. The van der Waals surface area contributed by atoms with Crippen molar-refractivity contribution in [3.05, 3.63) is 17.8 Å².